The number of aliphatic hydroxyl groups is 2. The highest BCUT2D eigenvalue weighted by Crippen LogP contribution is 2.72. The SMILES string of the molecule is CCC(C)(C)C(=O)OC1C2CC3C1OS(=O)(=O)C3C2C.CCC(C)(C)C(=O)OC1C2CC3C1OS(=O)(=O)C3C2C(=O)OC.CCC(C)(C)C(=O)OC1C2OS(=O)(=O)C3CC1(C)CC23C.CCC(C)(C)C(=O)OC1C2OS(=O)(=O)C3CC1(CO)CC23CO.CCC(C)(C)C(=O)OC1C2OS(=O)(=O)C3CC1(COC(C)=O)CC23COC(C)=O. The first-order valence-corrected chi connectivity index (χ1v) is 47.7. The van der Waals surface area contributed by atoms with Gasteiger partial charge in [-0.3, -0.25) is 59.3 Å². The molecule has 0 aromatic rings. The van der Waals surface area contributed by atoms with Crippen LogP contribution in [0, 0.1) is 95.1 Å². The predicted octanol–water partition coefficient (Wildman–Crippen LogP) is 6.37. The van der Waals surface area contributed by atoms with Gasteiger partial charge < -0.3 is 48.1 Å². The molecule has 15 aliphatic rings. The molecule has 0 amide bonds. The Morgan fingerprint density at radius 1 is 0.422 bits per heavy atom. The lowest BCUT2D eigenvalue weighted by Crippen LogP contribution is -2.51. The molecule has 5 heterocycles. The zero-order valence-corrected chi connectivity index (χ0v) is 74.3. The molecule has 0 spiro atoms. The maximum Gasteiger partial charge on any atom is 0.311 e. The van der Waals surface area contributed by atoms with Crippen molar-refractivity contribution in [3.63, 3.8) is 0 Å². The smallest absolute Gasteiger partial charge is 0.311 e. The van der Waals surface area contributed by atoms with Crippen LogP contribution >= 0.6 is 0 Å². The van der Waals surface area contributed by atoms with Gasteiger partial charge in [-0.05, 0) is 159 Å². The highest BCUT2D eigenvalue weighted by Gasteiger charge is 2.83. The highest BCUT2D eigenvalue weighted by molar-refractivity contribution is 7.88. The van der Waals surface area contributed by atoms with Gasteiger partial charge in [-0.1, -0.05) is 55.4 Å². The van der Waals surface area contributed by atoms with E-state index in [1.807, 2.05) is 83.1 Å². The first-order chi connectivity index (χ1) is 53.2. The molecular weight excluding hydrogens is 1630 g/mol. The molecule has 5 aliphatic heterocycles. The number of methoxy groups -OCH3 is 1. The predicted molar refractivity (Wildman–Crippen MR) is 407 cm³/mol. The van der Waals surface area contributed by atoms with Crippen molar-refractivity contribution >= 4 is 98.3 Å². The monoisotopic (exact) mass is 1740 g/mol. The Balaban J connectivity index is 0.000000143. The van der Waals surface area contributed by atoms with Gasteiger partial charge in [0.1, 0.15) is 79.5 Å². The molecule has 10 saturated carbocycles. The molecule has 660 valence electrons. The number of aliphatic hydroxyl groups excluding tert-OH is 2. The number of ether oxygens (including phenoxy) is 8. The Kier molecular flexibility index (Phi) is 24.0. The van der Waals surface area contributed by atoms with Gasteiger partial charge in [-0.2, -0.15) is 42.1 Å². The van der Waals surface area contributed by atoms with Crippen LogP contribution in [0.5, 0.6) is 0 Å². The van der Waals surface area contributed by atoms with E-state index in [0.717, 1.165) is 12.8 Å². The second-order valence-electron chi connectivity index (χ2n) is 39.3. The number of carbonyl (C=O) groups excluding carboxylic acids is 8. The van der Waals surface area contributed by atoms with E-state index in [4.69, 9.17) is 58.8 Å². The first kappa shape index (κ1) is 92.0. The second-order valence-corrected chi connectivity index (χ2v) is 48.0. The van der Waals surface area contributed by atoms with Gasteiger partial charge in [0.15, 0.2) is 0 Å². The first-order valence-electron chi connectivity index (χ1n) is 40.4. The fraction of sp³-hybridized carbons (Fsp3) is 0.897. The molecular formula is C78H120O33S5. The second kappa shape index (κ2) is 30.3. The summed E-state index contributed by atoms with van der Waals surface area (Å²) in [5, 5.41) is 16.3. The molecule has 38 heteroatoms. The highest BCUT2D eigenvalue weighted by atomic mass is 32.2. The summed E-state index contributed by atoms with van der Waals surface area (Å²) in [5.41, 5.74) is -7.76. The number of rotatable bonds is 22. The lowest BCUT2D eigenvalue weighted by atomic mass is 9.77. The Bertz CT molecular complexity index is 4540. The molecule has 33 nitrogen and oxygen atoms in total. The molecule has 27 atom stereocenters. The van der Waals surface area contributed by atoms with Crippen molar-refractivity contribution in [1.82, 2.24) is 0 Å². The Labute approximate surface area is 681 Å². The molecule has 15 rings (SSSR count). The van der Waals surface area contributed by atoms with Crippen LogP contribution in [-0.4, -0.2) is 221 Å². The largest absolute Gasteiger partial charge is 0.469 e. The summed E-state index contributed by atoms with van der Waals surface area (Å²) in [6.45, 7) is 34.9. The van der Waals surface area contributed by atoms with Gasteiger partial charge in [0.2, 0.25) is 0 Å². The number of hydrogen-bond donors (Lipinski definition) is 2. The van der Waals surface area contributed by atoms with E-state index in [0.29, 0.717) is 44.9 Å². The Morgan fingerprint density at radius 2 is 0.793 bits per heavy atom. The van der Waals surface area contributed by atoms with Crippen molar-refractivity contribution in [3.8, 4) is 0 Å². The van der Waals surface area contributed by atoms with Gasteiger partial charge in [0.25, 0.3) is 50.6 Å². The van der Waals surface area contributed by atoms with Crippen LogP contribution in [-0.2, 0) is 148 Å². The van der Waals surface area contributed by atoms with E-state index in [9.17, 15) is 90.7 Å². The third-order valence-corrected chi connectivity index (χ3v) is 39.5. The van der Waals surface area contributed by atoms with Crippen LogP contribution in [0.4, 0.5) is 0 Å². The summed E-state index contributed by atoms with van der Waals surface area (Å²) in [4.78, 5) is 97.2. The fourth-order valence-electron chi connectivity index (χ4n) is 21.4. The maximum absolute atomic E-state index is 12.8. The molecule has 5 saturated heterocycles. The third-order valence-electron chi connectivity index (χ3n) is 30.3. The third kappa shape index (κ3) is 14.8. The minimum Gasteiger partial charge on any atom is -0.469 e. The zero-order valence-electron chi connectivity index (χ0n) is 70.2. The summed E-state index contributed by atoms with van der Waals surface area (Å²) in [5.74, 6) is -4.85. The summed E-state index contributed by atoms with van der Waals surface area (Å²) in [7, 11) is -17.4. The molecule has 0 radical (unpaired) electrons. The van der Waals surface area contributed by atoms with Crippen molar-refractivity contribution in [2.45, 2.75) is 309 Å². The van der Waals surface area contributed by atoms with Gasteiger partial charge >= 0.3 is 47.8 Å². The molecule has 10 bridgehead atoms. The number of carbonyl (C=O) groups is 8. The fourth-order valence-corrected chi connectivity index (χ4v) is 32.1. The molecule has 10 aliphatic carbocycles. The van der Waals surface area contributed by atoms with Crippen LogP contribution in [0.15, 0.2) is 0 Å². The number of fused-ring (bicyclic) bond motifs is 5. The molecule has 27 unspecified atom stereocenters. The maximum atomic E-state index is 12.8. The molecule has 0 aromatic carbocycles. The lowest BCUT2D eigenvalue weighted by Gasteiger charge is -2.38. The average Bonchev–Trinajstić information content (AvgIpc) is 1.51. The standard InChI is InChI=1S/C19H28O9S.C15H22O7S.C15H24O7S.C15H24O5S.C14H22O5S/c1-6-17(4,5)16(22)27-14-15-19(10-26-12(3)21)8-18(14,9-25-11(2)20)7-13(19)29(23,24)28-15;1-5-15(2,3)14(17)21-10-7-6-8-11(10)22-23(18,19)12(8)9(7)13(16)20-4;1-4-13(2,3)12(18)21-10-11-15(8-17)6-14(10,7-16)5-9(15)23(19,20)22-11;1-6-13(2,3)12(16)19-10-11-15(5)8-14(10,4)7-9(15)21(17,18)20-11;1-5-14(3,4)13(15)18-10-8-6-9-11(10)19-20(16,17)12(9)7(8)2/h13-15H,6-10H2,1-5H3;7-12H,5-6H2,1-4H3;9-11,16-17H,4-8H2,1-3H3;9-11H,6-8H2,1-5H3;7-12H,5-6H2,1-4H3. The van der Waals surface area contributed by atoms with Crippen molar-refractivity contribution in [2.75, 3.05) is 33.5 Å². The van der Waals surface area contributed by atoms with Gasteiger partial charge in [0, 0.05) is 64.6 Å². The van der Waals surface area contributed by atoms with E-state index in [2.05, 4.69) is 0 Å². The summed E-state index contributed by atoms with van der Waals surface area (Å²) in [6, 6.07) is 0. The Hall–Kier alpha value is -4.77. The molecule has 2 N–H and O–H groups in total. The van der Waals surface area contributed by atoms with E-state index in [1.54, 1.807) is 41.5 Å². The van der Waals surface area contributed by atoms with E-state index < -0.39 is 234 Å². The van der Waals surface area contributed by atoms with Crippen molar-refractivity contribution < 1.29 is 149 Å². The topological polar surface area (TPSA) is 468 Å². The van der Waals surface area contributed by atoms with Crippen LogP contribution < -0.4 is 0 Å². The summed E-state index contributed by atoms with van der Waals surface area (Å²) >= 11 is 0. The minimum absolute atomic E-state index is 0.00235. The molecule has 116 heavy (non-hydrogen) atoms. The van der Waals surface area contributed by atoms with Crippen molar-refractivity contribution in [2.24, 2.45) is 95.1 Å². The minimum atomic E-state index is -3.95. The quantitative estimate of drug-likeness (QED) is 0.0675. The summed E-state index contributed by atoms with van der Waals surface area (Å²) in [6.07, 6.45) is -0.524. The van der Waals surface area contributed by atoms with Crippen molar-refractivity contribution in [1.29, 1.82) is 0 Å². The van der Waals surface area contributed by atoms with Crippen LogP contribution in [0.3, 0.4) is 0 Å². The van der Waals surface area contributed by atoms with Gasteiger partial charge in [-0.25, -0.2) is 0 Å². The lowest BCUT2D eigenvalue weighted by molar-refractivity contribution is -0.179. The number of esters is 8. The molecule has 15 fully saturated rings. The van der Waals surface area contributed by atoms with Gasteiger partial charge in [0.05, 0.1) is 79.7 Å². The van der Waals surface area contributed by atoms with Crippen LogP contribution in [0.25, 0.3) is 0 Å². The normalized spacial score (nSPS) is 42.0. The van der Waals surface area contributed by atoms with Crippen LogP contribution in [0.1, 0.15) is 222 Å². The van der Waals surface area contributed by atoms with Gasteiger partial charge in [-0.15, -0.1) is 0 Å². The summed E-state index contributed by atoms with van der Waals surface area (Å²) < 4.78 is 193. The van der Waals surface area contributed by atoms with E-state index in [-0.39, 0.29) is 99.1 Å². The average molecular weight is 1750 g/mol. The number of hydrogen-bond acceptors (Lipinski definition) is 33. The molecule has 0 aromatic heterocycles. The van der Waals surface area contributed by atoms with E-state index in [1.165, 1.54) is 21.0 Å². The van der Waals surface area contributed by atoms with Crippen molar-refractivity contribution in [3.05, 3.63) is 0 Å². The zero-order chi connectivity index (χ0) is 87.0. The Morgan fingerprint density at radius 3 is 1.24 bits per heavy atom. The van der Waals surface area contributed by atoms with Crippen LogP contribution in [0.2, 0.25) is 0 Å². The van der Waals surface area contributed by atoms with E-state index >= 15 is 0 Å².